The van der Waals surface area contributed by atoms with Crippen LogP contribution in [0, 0.1) is 20.8 Å². The Balaban J connectivity index is 1.73. The number of aromatic nitrogens is 2. The Hall–Kier alpha value is -2.13. The van der Waals surface area contributed by atoms with Crippen LogP contribution in [0.15, 0.2) is 59.6 Å². The lowest BCUT2D eigenvalue weighted by Crippen LogP contribution is -1.92. The van der Waals surface area contributed by atoms with E-state index in [1.54, 1.807) is 11.8 Å². The van der Waals surface area contributed by atoms with Gasteiger partial charge in [0.15, 0.2) is 0 Å². The average molecular weight is 320 g/mol. The van der Waals surface area contributed by atoms with Gasteiger partial charge in [0.25, 0.3) is 0 Å². The van der Waals surface area contributed by atoms with Gasteiger partial charge in [0.05, 0.1) is 5.69 Å². The molecule has 3 rings (SSSR count). The lowest BCUT2D eigenvalue weighted by atomic mass is 10.0. The summed E-state index contributed by atoms with van der Waals surface area (Å²) in [4.78, 5) is 0. The number of thioether (sulfide) groups is 1. The molecule has 1 aromatic heterocycles. The summed E-state index contributed by atoms with van der Waals surface area (Å²) in [5, 5.41) is 9.75. The van der Waals surface area contributed by atoms with Crippen molar-refractivity contribution in [3.8, 4) is 11.3 Å². The van der Waals surface area contributed by atoms with Crippen LogP contribution in [0.25, 0.3) is 11.3 Å². The van der Waals surface area contributed by atoms with Gasteiger partial charge in [-0.25, -0.2) is 0 Å². The third-order valence-electron chi connectivity index (χ3n) is 3.78. The van der Waals surface area contributed by atoms with Gasteiger partial charge in [0.2, 0.25) is 0 Å². The van der Waals surface area contributed by atoms with Crippen LogP contribution in [0.1, 0.15) is 22.3 Å². The molecule has 0 fully saturated rings. The summed E-state index contributed by atoms with van der Waals surface area (Å²) in [7, 11) is 0. The lowest BCUT2D eigenvalue weighted by molar-refractivity contribution is 0.934. The predicted octanol–water partition coefficient (Wildman–Crippen LogP) is 5.36. The van der Waals surface area contributed by atoms with Gasteiger partial charge in [-0.2, -0.15) is 0 Å². The molecule has 3 heteroatoms. The third-order valence-corrected chi connectivity index (χ3v) is 4.77. The molecule has 2 nitrogen and oxygen atoms in total. The molecule has 0 N–H and O–H groups in total. The van der Waals surface area contributed by atoms with Gasteiger partial charge in [-0.1, -0.05) is 59.3 Å². The zero-order valence-corrected chi connectivity index (χ0v) is 14.5. The van der Waals surface area contributed by atoms with Crippen molar-refractivity contribution in [2.24, 2.45) is 0 Å². The van der Waals surface area contributed by atoms with Crippen LogP contribution in [-0.4, -0.2) is 10.2 Å². The molecular weight excluding hydrogens is 300 g/mol. The first-order chi connectivity index (χ1) is 11.1. The first-order valence-electron chi connectivity index (χ1n) is 7.71. The van der Waals surface area contributed by atoms with Crippen molar-refractivity contribution < 1.29 is 0 Å². The number of benzene rings is 2. The zero-order chi connectivity index (χ0) is 16.2. The molecule has 0 amide bonds. The monoisotopic (exact) mass is 320 g/mol. The van der Waals surface area contributed by atoms with Crippen molar-refractivity contribution in [1.82, 2.24) is 10.2 Å². The van der Waals surface area contributed by atoms with Crippen LogP contribution in [-0.2, 0) is 5.75 Å². The average Bonchev–Trinajstić information content (AvgIpc) is 2.56. The second-order valence-corrected chi connectivity index (χ2v) is 6.85. The Kier molecular flexibility index (Phi) is 4.77. The topological polar surface area (TPSA) is 25.8 Å². The molecule has 0 bridgehead atoms. The maximum atomic E-state index is 4.41. The van der Waals surface area contributed by atoms with Crippen LogP contribution < -0.4 is 0 Å². The van der Waals surface area contributed by atoms with Crippen LogP contribution >= 0.6 is 11.8 Å². The summed E-state index contributed by atoms with van der Waals surface area (Å²) < 4.78 is 0. The second-order valence-electron chi connectivity index (χ2n) is 5.85. The van der Waals surface area contributed by atoms with Crippen molar-refractivity contribution in [3.63, 3.8) is 0 Å². The van der Waals surface area contributed by atoms with E-state index in [9.17, 15) is 0 Å². The second kappa shape index (κ2) is 6.97. The van der Waals surface area contributed by atoms with Crippen LogP contribution in [0.2, 0.25) is 0 Å². The highest BCUT2D eigenvalue weighted by atomic mass is 32.2. The molecule has 3 aromatic rings. The van der Waals surface area contributed by atoms with Gasteiger partial charge in [-0.3, -0.25) is 0 Å². The largest absolute Gasteiger partial charge is 0.149 e. The van der Waals surface area contributed by atoms with Crippen molar-refractivity contribution in [1.29, 1.82) is 0 Å². The predicted molar refractivity (Wildman–Crippen MR) is 97.7 cm³/mol. The Bertz CT molecular complexity index is 810. The minimum Gasteiger partial charge on any atom is -0.149 e. The van der Waals surface area contributed by atoms with Gasteiger partial charge in [0.1, 0.15) is 5.03 Å². The van der Waals surface area contributed by atoms with Gasteiger partial charge in [-0.05, 0) is 50.1 Å². The fraction of sp³-hybridized carbons (Fsp3) is 0.200. The van der Waals surface area contributed by atoms with E-state index in [1.165, 1.54) is 22.3 Å². The van der Waals surface area contributed by atoms with Crippen molar-refractivity contribution in [2.45, 2.75) is 31.6 Å². The maximum absolute atomic E-state index is 4.41. The fourth-order valence-corrected chi connectivity index (χ4v) is 3.27. The highest BCUT2D eigenvalue weighted by Crippen LogP contribution is 2.25. The Morgan fingerprint density at radius 3 is 2.39 bits per heavy atom. The van der Waals surface area contributed by atoms with Gasteiger partial charge in [-0.15, -0.1) is 10.2 Å². The van der Waals surface area contributed by atoms with Crippen molar-refractivity contribution in [2.75, 3.05) is 0 Å². The molecule has 0 saturated carbocycles. The van der Waals surface area contributed by atoms with Gasteiger partial charge in [0, 0.05) is 11.3 Å². The normalized spacial score (nSPS) is 10.7. The van der Waals surface area contributed by atoms with E-state index in [4.69, 9.17) is 0 Å². The van der Waals surface area contributed by atoms with Crippen LogP contribution in [0.5, 0.6) is 0 Å². The smallest absolute Gasteiger partial charge is 0.119 e. The molecule has 0 radical (unpaired) electrons. The molecule has 1 heterocycles. The summed E-state index contributed by atoms with van der Waals surface area (Å²) in [6, 6.07) is 19.1. The number of hydrogen-bond acceptors (Lipinski definition) is 3. The molecule has 0 aliphatic heterocycles. The maximum Gasteiger partial charge on any atom is 0.119 e. The molecule has 2 aromatic carbocycles. The SMILES string of the molecule is Cc1cccc(CSc2ccc(-c3cc(C)ccc3C)nn2)c1. The van der Waals surface area contributed by atoms with E-state index in [0.717, 1.165) is 22.0 Å². The number of nitrogens with zero attached hydrogens (tertiary/aromatic N) is 2. The Morgan fingerprint density at radius 1 is 0.826 bits per heavy atom. The molecule has 0 atom stereocenters. The van der Waals surface area contributed by atoms with Crippen LogP contribution in [0.4, 0.5) is 0 Å². The van der Waals surface area contributed by atoms with E-state index >= 15 is 0 Å². The number of rotatable bonds is 4. The molecule has 0 aliphatic carbocycles. The quantitative estimate of drug-likeness (QED) is 0.605. The minimum absolute atomic E-state index is 0.916. The third kappa shape index (κ3) is 3.99. The lowest BCUT2D eigenvalue weighted by Gasteiger charge is -2.07. The van der Waals surface area contributed by atoms with Crippen LogP contribution in [0.3, 0.4) is 0 Å². The van der Waals surface area contributed by atoms with E-state index in [0.29, 0.717) is 0 Å². The van der Waals surface area contributed by atoms with E-state index in [-0.39, 0.29) is 0 Å². The van der Waals surface area contributed by atoms with E-state index in [2.05, 4.69) is 85.6 Å². The minimum atomic E-state index is 0.916. The molecule has 0 saturated heterocycles. The first-order valence-corrected chi connectivity index (χ1v) is 8.70. The van der Waals surface area contributed by atoms with Crippen molar-refractivity contribution >= 4 is 11.8 Å². The van der Waals surface area contributed by atoms with Gasteiger partial charge < -0.3 is 0 Å². The zero-order valence-electron chi connectivity index (χ0n) is 13.7. The molecule has 0 unspecified atom stereocenters. The van der Waals surface area contributed by atoms with E-state index in [1.807, 2.05) is 0 Å². The summed E-state index contributed by atoms with van der Waals surface area (Å²) >= 11 is 1.72. The van der Waals surface area contributed by atoms with E-state index < -0.39 is 0 Å². The van der Waals surface area contributed by atoms with Crippen molar-refractivity contribution in [3.05, 3.63) is 76.9 Å². The molecule has 23 heavy (non-hydrogen) atoms. The van der Waals surface area contributed by atoms with Gasteiger partial charge >= 0.3 is 0 Å². The fourth-order valence-electron chi connectivity index (χ4n) is 2.51. The Morgan fingerprint density at radius 2 is 1.65 bits per heavy atom. The molecular formula is C20H20N2S. The summed E-state index contributed by atoms with van der Waals surface area (Å²) in [6.45, 7) is 6.33. The molecule has 0 spiro atoms. The highest BCUT2D eigenvalue weighted by molar-refractivity contribution is 7.98. The first kappa shape index (κ1) is 15.8. The summed E-state index contributed by atoms with van der Waals surface area (Å²) in [6.07, 6.45) is 0. The number of aryl methyl sites for hydroxylation is 3. The highest BCUT2D eigenvalue weighted by Gasteiger charge is 2.05. The summed E-state index contributed by atoms with van der Waals surface area (Å²) in [5.74, 6) is 0.916. The standard InChI is InChI=1S/C20H20N2S/c1-14-5-4-6-17(11-14)13-23-20-10-9-19(21-22-20)18-12-15(2)7-8-16(18)3/h4-12H,13H2,1-3H3. The Labute approximate surface area is 142 Å². The summed E-state index contributed by atoms with van der Waals surface area (Å²) in [5.41, 5.74) is 7.17. The molecule has 116 valence electrons. The number of hydrogen-bond donors (Lipinski definition) is 0. The molecule has 0 aliphatic rings.